The van der Waals surface area contributed by atoms with Gasteiger partial charge in [0.15, 0.2) is 0 Å². The average molecular weight is 295 g/mol. The van der Waals surface area contributed by atoms with Gasteiger partial charge < -0.3 is 15.8 Å². The van der Waals surface area contributed by atoms with Gasteiger partial charge in [-0.1, -0.05) is 0 Å². The third-order valence-corrected chi connectivity index (χ3v) is 3.59. The smallest absolute Gasteiger partial charge is 0.378 e. The highest BCUT2D eigenvalue weighted by Gasteiger charge is 2.50. The van der Waals surface area contributed by atoms with E-state index in [0.29, 0.717) is 0 Å². The maximum Gasteiger partial charge on any atom is 0.405 e. The van der Waals surface area contributed by atoms with Crippen LogP contribution in [0.5, 0.6) is 0 Å². The third-order valence-electron chi connectivity index (χ3n) is 3.59. The summed E-state index contributed by atoms with van der Waals surface area (Å²) in [6.45, 7) is 1.50. The van der Waals surface area contributed by atoms with E-state index < -0.39 is 30.2 Å². The van der Waals surface area contributed by atoms with Gasteiger partial charge in [0.25, 0.3) is 0 Å². The predicted octanol–water partition coefficient (Wildman–Crippen LogP) is 0.244. The first kappa shape index (κ1) is 15.5. The Balaban J connectivity index is 2.13. The molecule has 1 saturated carbocycles. The van der Waals surface area contributed by atoms with Crippen molar-refractivity contribution in [2.24, 2.45) is 5.73 Å². The summed E-state index contributed by atoms with van der Waals surface area (Å²) in [5.74, 6) is -0.401. The van der Waals surface area contributed by atoms with Crippen molar-refractivity contribution >= 4 is 5.91 Å². The lowest BCUT2D eigenvalue weighted by molar-refractivity contribution is -0.205. The molecule has 1 heterocycles. The van der Waals surface area contributed by atoms with Gasteiger partial charge in [0.2, 0.25) is 5.91 Å². The number of hydrogen-bond acceptors (Lipinski definition) is 4. The zero-order chi connectivity index (χ0) is 14.9. The Hall–Kier alpha value is -0.860. The van der Waals surface area contributed by atoms with Gasteiger partial charge in [-0.15, -0.1) is 0 Å². The van der Waals surface area contributed by atoms with Crippen molar-refractivity contribution in [2.45, 2.75) is 50.1 Å². The number of nitrogens with one attached hydrogen (secondary N) is 1. The van der Waals surface area contributed by atoms with Crippen LogP contribution in [-0.2, 0) is 9.53 Å². The molecule has 5 nitrogen and oxygen atoms in total. The number of alkyl halides is 3. The number of ether oxygens (including phenoxy) is 1. The minimum Gasteiger partial charge on any atom is -0.378 e. The summed E-state index contributed by atoms with van der Waals surface area (Å²) in [6, 6.07) is -3.77. The summed E-state index contributed by atoms with van der Waals surface area (Å²) in [7, 11) is 0. The molecular formula is C12H20F3N3O2. The van der Waals surface area contributed by atoms with E-state index in [9.17, 15) is 18.0 Å². The second-order valence-corrected chi connectivity index (χ2v) is 5.46. The van der Waals surface area contributed by atoms with E-state index in [1.165, 1.54) is 6.92 Å². The molecule has 3 atom stereocenters. The summed E-state index contributed by atoms with van der Waals surface area (Å²) < 4.78 is 44.7. The van der Waals surface area contributed by atoms with Gasteiger partial charge in [0.1, 0.15) is 12.1 Å². The standard InChI is InChI=1S/C12H20F3N3O2/c1-7(16)10(12(13,14)15)18-4-5-20-6-9(18)11(19)17-8-2-3-8/h7-10H,2-6,16H2,1H3,(H,17,19). The maximum absolute atomic E-state index is 13.2. The van der Waals surface area contributed by atoms with Crippen LogP contribution < -0.4 is 11.1 Å². The molecule has 1 saturated heterocycles. The number of amides is 1. The van der Waals surface area contributed by atoms with Gasteiger partial charge in [0, 0.05) is 18.6 Å². The molecule has 1 aliphatic carbocycles. The van der Waals surface area contributed by atoms with E-state index in [1.54, 1.807) is 0 Å². The lowest BCUT2D eigenvalue weighted by atomic mass is 10.0. The fourth-order valence-corrected chi connectivity index (χ4v) is 2.49. The van der Waals surface area contributed by atoms with E-state index in [-0.39, 0.29) is 25.8 Å². The molecule has 0 aromatic rings. The zero-order valence-corrected chi connectivity index (χ0v) is 11.3. The quantitative estimate of drug-likeness (QED) is 0.780. The van der Waals surface area contributed by atoms with Crippen molar-refractivity contribution < 1.29 is 22.7 Å². The topological polar surface area (TPSA) is 67.6 Å². The molecule has 8 heteroatoms. The Bertz CT molecular complexity index is 358. The fraction of sp³-hybridized carbons (Fsp3) is 0.917. The molecule has 3 unspecified atom stereocenters. The number of carbonyl (C=O) groups is 1. The molecule has 0 radical (unpaired) electrons. The monoisotopic (exact) mass is 295 g/mol. The molecule has 0 bridgehead atoms. The maximum atomic E-state index is 13.2. The molecule has 1 amide bonds. The van der Waals surface area contributed by atoms with Gasteiger partial charge >= 0.3 is 6.18 Å². The second-order valence-electron chi connectivity index (χ2n) is 5.46. The van der Waals surface area contributed by atoms with Crippen LogP contribution in [0.25, 0.3) is 0 Å². The van der Waals surface area contributed by atoms with Crippen molar-refractivity contribution in [2.75, 3.05) is 19.8 Å². The van der Waals surface area contributed by atoms with Crippen LogP contribution in [0, 0.1) is 0 Å². The molecule has 2 rings (SSSR count). The molecule has 0 aromatic carbocycles. The average Bonchev–Trinajstić information content (AvgIpc) is 3.11. The van der Waals surface area contributed by atoms with Gasteiger partial charge in [0.05, 0.1) is 13.2 Å². The molecule has 0 spiro atoms. The Morgan fingerprint density at radius 2 is 2.10 bits per heavy atom. The van der Waals surface area contributed by atoms with Crippen molar-refractivity contribution in [3.05, 3.63) is 0 Å². The zero-order valence-electron chi connectivity index (χ0n) is 11.3. The number of rotatable bonds is 4. The summed E-state index contributed by atoms with van der Waals surface area (Å²) in [5.41, 5.74) is 5.50. The van der Waals surface area contributed by atoms with Crippen LogP contribution in [0.3, 0.4) is 0 Å². The van der Waals surface area contributed by atoms with E-state index >= 15 is 0 Å². The Morgan fingerprint density at radius 1 is 1.45 bits per heavy atom. The predicted molar refractivity (Wildman–Crippen MR) is 66.0 cm³/mol. The molecule has 2 fully saturated rings. The van der Waals surface area contributed by atoms with E-state index in [4.69, 9.17) is 10.5 Å². The van der Waals surface area contributed by atoms with E-state index in [2.05, 4.69) is 5.32 Å². The van der Waals surface area contributed by atoms with E-state index in [1.807, 2.05) is 0 Å². The molecule has 3 N–H and O–H groups in total. The van der Waals surface area contributed by atoms with Crippen LogP contribution in [0.15, 0.2) is 0 Å². The van der Waals surface area contributed by atoms with Crippen LogP contribution >= 0.6 is 0 Å². The summed E-state index contributed by atoms with van der Waals surface area (Å²) in [6.07, 6.45) is -2.70. The number of nitrogens with zero attached hydrogens (tertiary/aromatic N) is 1. The van der Waals surface area contributed by atoms with Crippen LogP contribution in [0.2, 0.25) is 0 Å². The second kappa shape index (κ2) is 5.87. The summed E-state index contributed by atoms with van der Waals surface area (Å²) in [5, 5.41) is 2.73. The largest absolute Gasteiger partial charge is 0.405 e. The van der Waals surface area contributed by atoms with Crippen LogP contribution in [0.4, 0.5) is 13.2 Å². The Kier molecular flexibility index (Phi) is 4.55. The number of carbonyl (C=O) groups excluding carboxylic acids is 1. The first-order valence-electron chi connectivity index (χ1n) is 6.77. The third kappa shape index (κ3) is 3.62. The molecule has 0 aromatic heterocycles. The SMILES string of the molecule is CC(N)C(N1CCOCC1C(=O)NC1CC1)C(F)(F)F. The molecule has 2 aliphatic rings. The summed E-state index contributed by atoms with van der Waals surface area (Å²) in [4.78, 5) is 13.2. The van der Waals surface area contributed by atoms with Gasteiger partial charge in [-0.05, 0) is 19.8 Å². The highest BCUT2D eigenvalue weighted by molar-refractivity contribution is 5.82. The van der Waals surface area contributed by atoms with Gasteiger partial charge in [-0.25, -0.2) is 0 Å². The van der Waals surface area contributed by atoms with Crippen LogP contribution in [0.1, 0.15) is 19.8 Å². The fourth-order valence-electron chi connectivity index (χ4n) is 2.49. The van der Waals surface area contributed by atoms with Gasteiger partial charge in [-0.3, -0.25) is 9.69 Å². The molecule has 1 aliphatic heterocycles. The number of nitrogens with two attached hydrogens (primary N) is 1. The number of hydrogen-bond donors (Lipinski definition) is 2. The molecule has 116 valence electrons. The minimum atomic E-state index is -4.47. The van der Waals surface area contributed by atoms with Crippen LogP contribution in [-0.4, -0.2) is 60.9 Å². The minimum absolute atomic E-state index is 0.0299. The normalized spacial score (nSPS) is 27.9. The lowest BCUT2D eigenvalue weighted by Gasteiger charge is -2.42. The lowest BCUT2D eigenvalue weighted by Crippen LogP contribution is -2.64. The first-order chi connectivity index (χ1) is 9.30. The first-order valence-corrected chi connectivity index (χ1v) is 6.77. The highest BCUT2D eigenvalue weighted by atomic mass is 19.4. The van der Waals surface area contributed by atoms with Crippen molar-refractivity contribution in [3.8, 4) is 0 Å². The molecule has 20 heavy (non-hydrogen) atoms. The number of morpholine rings is 1. The van der Waals surface area contributed by atoms with E-state index in [0.717, 1.165) is 17.7 Å². The number of halogens is 3. The van der Waals surface area contributed by atoms with Crippen molar-refractivity contribution in [1.29, 1.82) is 0 Å². The van der Waals surface area contributed by atoms with Crippen molar-refractivity contribution in [1.82, 2.24) is 10.2 Å². The van der Waals surface area contributed by atoms with Gasteiger partial charge in [-0.2, -0.15) is 13.2 Å². The highest BCUT2D eigenvalue weighted by Crippen LogP contribution is 2.29. The Morgan fingerprint density at radius 3 is 2.60 bits per heavy atom. The summed E-state index contributed by atoms with van der Waals surface area (Å²) >= 11 is 0. The Labute approximate surface area is 115 Å². The van der Waals surface area contributed by atoms with Crippen molar-refractivity contribution in [3.63, 3.8) is 0 Å². The molecular weight excluding hydrogens is 275 g/mol.